The third-order valence-corrected chi connectivity index (χ3v) is 3.37. The molecule has 1 aliphatic rings. The Morgan fingerprint density at radius 2 is 2.37 bits per heavy atom. The van der Waals surface area contributed by atoms with Gasteiger partial charge in [0.25, 0.3) is 0 Å². The standard InChI is InChI=1S/C14H17N3O2/c1-2-10(15)13(18)16-9-5-6-12-11(7-9)17-14(19-12)8-3-4-8/h5-8,10H,2-4,15H2,1H3,(H,16,18). The number of hydrogen-bond donors (Lipinski definition) is 2. The molecule has 1 saturated carbocycles. The van der Waals surface area contributed by atoms with Gasteiger partial charge in [-0.3, -0.25) is 4.79 Å². The fraction of sp³-hybridized carbons (Fsp3) is 0.429. The van der Waals surface area contributed by atoms with Crippen LogP contribution in [0.25, 0.3) is 11.1 Å². The summed E-state index contributed by atoms with van der Waals surface area (Å²) < 4.78 is 5.67. The summed E-state index contributed by atoms with van der Waals surface area (Å²) in [5, 5.41) is 2.79. The first-order valence-corrected chi connectivity index (χ1v) is 6.64. The predicted octanol–water partition coefficient (Wildman–Crippen LogP) is 2.38. The van der Waals surface area contributed by atoms with Crippen molar-refractivity contribution in [2.24, 2.45) is 5.73 Å². The summed E-state index contributed by atoms with van der Waals surface area (Å²) in [7, 11) is 0. The quantitative estimate of drug-likeness (QED) is 0.883. The van der Waals surface area contributed by atoms with E-state index >= 15 is 0 Å². The third-order valence-electron chi connectivity index (χ3n) is 3.37. The molecule has 0 aliphatic heterocycles. The molecule has 5 heteroatoms. The molecule has 1 fully saturated rings. The van der Waals surface area contributed by atoms with Crippen LogP contribution in [0.4, 0.5) is 5.69 Å². The highest BCUT2D eigenvalue weighted by Gasteiger charge is 2.28. The van der Waals surface area contributed by atoms with Crippen LogP contribution in [0.1, 0.15) is 38.0 Å². The van der Waals surface area contributed by atoms with Crippen LogP contribution < -0.4 is 11.1 Å². The second-order valence-corrected chi connectivity index (χ2v) is 5.01. The van der Waals surface area contributed by atoms with Gasteiger partial charge in [-0.05, 0) is 37.5 Å². The van der Waals surface area contributed by atoms with Gasteiger partial charge >= 0.3 is 0 Å². The summed E-state index contributed by atoms with van der Waals surface area (Å²) >= 11 is 0. The molecule has 5 nitrogen and oxygen atoms in total. The van der Waals surface area contributed by atoms with Crippen molar-refractivity contribution in [1.29, 1.82) is 0 Å². The fourth-order valence-corrected chi connectivity index (χ4v) is 1.95. The molecule has 1 aromatic carbocycles. The average Bonchev–Trinajstić information content (AvgIpc) is 3.17. The van der Waals surface area contributed by atoms with Gasteiger partial charge in [0.1, 0.15) is 5.52 Å². The number of hydrogen-bond acceptors (Lipinski definition) is 4. The van der Waals surface area contributed by atoms with E-state index in [4.69, 9.17) is 10.2 Å². The molecule has 1 heterocycles. The molecule has 3 rings (SSSR count). The first kappa shape index (κ1) is 12.2. The lowest BCUT2D eigenvalue weighted by Gasteiger charge is -2.09. The lowest BCUT2D eigenvalue weighted by molar-refractivity contribution is -0.117. The monoisotopic (exact) mass is 259 g/mol. The van der Waals surface area contributed by atoms with Gasteiger partial charge in [0.05, 0.1) is 6.04 Å². The number of carbonyl (C=O) groups is 1. The molecule has 1 atom stereocenters. The number of rotatable bonds is 4. The van der Waals surface area contributed by atoms with E-state index in [0.29, 0.717) is 18.0 Å². The molecular weight excluding hydrogens is 242 g/mol. The topological polar surface area (TPSA) is 81.2 Å². The Labute approximate surface area is 111 Å². The van der Waals surface area contributed by atoms with Gasteiger partial charge in [-0.25, -0.2) is 4.98 Å². The van der Waals surface area contributed by atoms with Crippen molar-refractivity contribution >= 4 is 22.7 Å². The van der Waals surface area contributed by atoms with Crippen molar-refractivity contribution in [3.8, 4) is 0 Å². The lowest BCUT2D eigenvalue weighted by Crippen LogP contribution is -2.34. The summed E-state index contributed by atoms with van der Waals surface area (Å²) in [5.74, 6) is 1.12. The van der Waals surface area contributed by atoms with Crippen LogP contribution in [0.2, 0.25) is 0 Å². The molecule has 1 amide bonds. The minimum atomic E-state index is -0.477. The van der Waals surface area contributed by atoms with Crippen LogP contribution >= 0.6 is 0 Å². The van der Waals surface area contributed by atoms with E-state index in [1.54, 1.807) is 0 Å². The number of nitrogens with two attached hydrogens (primary N) is 1. The van der Waals surface area contributed by atoms with Crippen LogP contribution in [-0.4, -0.2) is 16.9 Å². The zero-order valence-electron chi connectivity index (χ0n) is 10.8. The number of amides is 1. The van der Waals surface area contributed by atoms with Crippen LogP contribution in [0.15, 0.2) is 22.6 Å². The van der Waals surface area contributed by atoms with E-state index in [1.807, 2.05) is 25.1 Å². The van der Waals surface area contributed by atoms with Crippen LogP contribution in [0, 0.1) is 0 Å². The Morgan fingerprint density at radius 3 is 3.05 bits per heavy atom. The van der Waals surface area contributed by atoms with Gasteiger partial charge in [-0.15, -0.1) is 0 Å². The number of nitrogens with zero attached hydrogens (tertiary/aromatic N) is 1. The molecule has 0 saturated heterocycles. The SMILES string of the molecule is CCC(N)C(=O)Nc1ccc2oc(C3CC3)nc2c1. The smallest absolute Gasteiger partial charge is 0.241 e. The number of benzene rings is 1. The van der Waals surface area contributed by atoms with Crippen molar-refractivity contribution in [3.63, 3.8) is 0 Å². The highest BCUT2D eigenvalue weighted by molar-refractivity contribution is 5.96. The maximum absolute atomic E-state index is 11.7. The van der Waals surface area contributed by atoms with Gasteiger partial charge in [-0.2, -0.15) is 0 Å². The number of nitrogens with one attached hydrogen (secondary N) is 1. The molecule has 2 aromatic rings. The van der Waals surface area contributed by atoms with Crippen molar-refractivity contribution in [1.82, 2.24) is 4.98 Å². The van der Waals surface area contributed by atoms with Gasteiger partial charge in [0, 0.05) is 11.6 Å². The predicted molar refractivity (Wildman–Crippen MR) is 72.9 cm³/mol. The summed E-state index contributed by atoms with van der Waals surface area (Å²) in [4.78, 5) is 16.2. The van der Waals surface area contributed by atoms with Crippen molar-refractivity contribution < 1.29 is 9.21 Å². The molecule has 0 spiro atoms. The Hall–Kier alpha value is -1.88. The number of carbonyl (C=O) groups excluding carboxylic acids is 1. The Kier molecular flexibility index (Phi) is 2.98. The zero-order chi connectivity index (χ0) is 13.4. The second kappa shape index (κ2) is 4.66. The van der Waals surface area contributed by atoms with Crippen LogP contribution in [0.5, 0.6) is 0 Å². The molecule has 19 heavy (non-hydrogen) atoms. The van der Waals surface area contributed by atoms with Crippen molar-refractivity contribution in [2.75, 3.05) is 5.32 Å². The minimum absolute atomic E-state index is 0.173. The Bertz CT molecular complexity index is 616. The van der Waals surface area contributed by atoms with E-state index in [9.17, 15) is 4.79 Å². The van der Waals surface area contributed by atoms with Gasteiger partial charge < -0.3 is 15.5 Å². The third kappa shape index (κ3) is 2.46. The van der Waals surface area contributed by atoms with Gasteiger partial charge in [-0.1, -0.05) is 6.92 Å². The lowest BCUT2D eigenvalue weighted by atomic mass is 10.2. The molecule has 1 unspecified atom stereocenters. The first-order chi connectivity index (χ1) is 9.17. The zero-order valence-corrected chi connectivity index (χ0v) is 10.8. The molecule has 1 aliphatic carbocycles. The number of anilines is 1. The molecule has 0 radical (unpaired) electrons. The molecule has 1 aromatic heterocycles. The highest BCUT2D eigenvalue weighted by atomic mass is 16.3. The van der Waals surface area contributed by atoms with Crippen LogP contribution in [0.3, 0.4) is 0 Å². The van der Waals surface area contributed by atoms with Crippen molar-refractivity contribution in [3.05, 3.63) is 24.1 Å². The largest absolute Gasteiger partial charge is 0.440 e. The van der Waals surface area contributed by atoms with Crippen molar-refractivity contribution in [2.45, 2.75) is 38.1 Å². The molecule has 100 valence electrons. The van der Waals surface area contributed by atoms with Crippen LogP contribution in [-0.2, 0) is 4.79 Å². The summed E-state index contributed by atoms with van der Waals surface area (Å²) in [5.41, 5.74) is 7.93. The maximum atomic E-state index is 11.7. The van der Waals surface area contributed by atoms with E-state index in [0.717, 1.165) is 29.8 Å². The molecule has 3 N–H and O–H groups in total. The first-order valence-electron chi connectivity index (χ1n) is 6.64. The highest BCUT2D eigenvalue weighted by Crippen LogP contribution is 2.40. The van der Waals surface area contributed by atoms with E-state index < -0.39 is 6.04 Å². The van der Waals surface area contributed by atoms with E-state index in [-0.39, 0.29) is 5.91 Å². The number of fused-ring (bicyclic) bond motifs is 1. The molecular formula is C14H17N3O2. The van der Waals surface area contributed by atoms with E-state index in [2.05, 4.69) is 10.3 Å². The Balaban J connectivity index is 1.82. The summed E-state index contributed by atoms with van der Waals surface area (Å²) in [6.45, 7) is 1.88. The van der Waals surface area contributed by atoms with Gasteiger partial charge in [0.2, 0.25) is 5.91 Å². The average molecular weight is 259 g/mol. The Morgan fingerprint density at radius 1 is 1.58 bits per heavy atom. The minimum Gasteiger partial charge on any atom is -0.440 e. The van der Waals surface area contributed by atoms with E-state index in [1.165, 1.54) is 0 Å². The number of aromatic nitrogens is 1. The summed E-state index contributed by atoms with van der Waals surface area (Å²) in [6.07, 6.45) is 2.92. The molecule has 0 bridgehead atoms. The van der Waals surface area contributed by atoms with Gasteiger partial charge in [0.15, 0.2) is 11.5 Å². The second-order valence-electron chi connectivity index (χ2n) is 5.01. The normalized spacial score (nSPS) is 16.5. The summed E-state index contributed by atoms with van der Waals surface area (Å²) in [6, 6.07) is 4.99. The fourth-order valence-electron chi connectivity index (χ4n) is 1.95. The maximum Gasteiger partial charge on any atom is 0.241 e. The number of oxazole rings is 1.